The fraction of sp³-hybridized carbons (Fsp3) is 0.714. The van der Waals surface area contributed by atoms with Crippen LogP contribution in [-0.2, 0) is 4.79 Å². The lowest BCUT2D eigenvalue weighted by atomic mass is 9.81. The number of aliphatic hydroxyl groups is 2. The van der Waals surface area contributed by atoms with Crippen molar-refractivity contribution in [3.8, 4) is 0 Å². The highest BCUT2D eigenvalue weighted by atomic mass is 16.3. The van der Waals surface area contributed by atoms with Crippen molar-refractivity contribution < 1.29 is 15.0 Å². The molecule has 7 nitrogen and oxygen atoms in total. The van der Waals surface area contributed by atoms with Crippen LogP contribution in [0.5, 0.6) is 0 Å². The fourth-order valence-electron chi connectivity index (χ4n) is 2.99. The zero-order valence-electron chi connectivity index (χ0n) is 12.2. The average Bonchev–Trinajstić information content (AvgIpc) is 2.79. The molecule has 0 spiro atoms. The molecule has 21 heavy (non-hydrogen) atoms. The van der Waals surface area contributed by atoms with E-state index in [-0.39, 0.29) is 17.8 Å². The van der Waals surface area contributed by atoms with Crippen LogP contribution in [0, 0.1) is 17.2 Å². The summed E-state index contributed by atoms with van der Waals surface area (Å²) in [6, 6.07) is 0. The van der Waals surface area contributed by atoms with Gasteiger partial charge in [0, 0.05) is 19.5 Å². The second-order valence-electron chi connectivity index (χ2n) is 5.74. The summed E-state index contributed by atoms with van der Waals surface area (Å²) in [5.41, 5.74) is 0. The topological polar surface area (TPSA) is 109 Å². The Hall–Kier alpha value is -1.44. The maximum atomic E-state index is 11.9. The zero-order valence-corrected chi connectivity index (χ0v) is 12.2. The van der Waals surface area contributed by atoms with Crippen LogP contribution in [0.25, 0.3) is 0 Å². The Morgan fingerprint density at radius 2 is 1.81 bits per heavy atom. The number of aliphatic hydroxyl groups excluding tert-OH is 2. The molecule has 1 aliphatic carbocycles. The molecule has 5 N–H and O–H groups in total. The van der Waals surface area contributed by atoms with Gasteiger partial charge in [-0.3, -0.25) is 15.5 Å². The molecule has 1 heterocycles. The van der Waals surface area contributed by atoms with E-state index in [0.717, 1.165) is 25.7 Å². The van der Waals surface area contributed by atoms with E-state index in [9.17, 15) is 15.0 Å². The molecule has 1 saturated carbocycles. The van der Waals surface area contributed by atoms with E-state index in [1.165, 1.54) is 0 Å². The first-order valence-corrected chi connectivity index (χ1v) is 7.38. The molecule has 0 aromatic rings. The van der Waals surface area contributed by atoms with Crippen LogP contribution >= 0.6 is 0 Å². The molecule has 7 heteroatoms. The van der Waals surface area contributed by atoms with Crippen molar-refractivity contribution in [3.05, 3.63) is 12.2 Å². The van der Waals surface area contributed by atoms with Crippen molar-refractivity contribution >= 4 is 11.9 Å². The van der Waals surface area contributed by atoms with Crippen molar-refractivity contribution in [2.24, 2.45) is 11.8 Å². The molecular weight excluding hydrogens is 272 g/mol. The first-order chi connectivity index (χ1) is 10.0. The average molecular weight is 296 g/mol. The SMILES string of the molecule is CNC(=N)NC(=O)C1CCC(CN2[C@H](O)C=C[C@@H]2O)CC1. The van der Waals surface area contributed by atoms with E-state index in [0.29, 0.717) is 12.5 Å². The van der Waals surface area contributed by atoms with Gasteiger partial charge in [0.05, 0.1) is 0 Å². The Balaban J connectivity index is 1.76. The number of guanidine groups is 1. The normalized spacial score (nSPS) is 32.9. The molecule has 0 aromatic heterocycles. The van der Waals surface area contributed by atoms with Gasteiger partial charge in [-0.15, -0.1) is 0 Å². The van der Waals surface area contributed by atoms with Crippen LogP contribution in [-0.4, -0.2) is 53.0 Å². The fourth-order valence-corrected chi connectivity index (χ4v) is 2.99. The largest absolute Gasteiger partial charge is 0.375 e. The van der Waals surface area contributed by atoms with Crippen molar-refractivity contribution in [2.75, 3.05) is 13.6 Å². The number of nitrogens with one attached hydrogen (secondary N) is 3. The van der Waals surface area contributed by atoms with E-state index < -0.39 is 12.5 Å². The first kappa shape index (κ1) is 15.9. The van der Waals surface area contributed by atoms with Crippen molar-refractivity contribution in [1.29, 1.82) is 5.41 Å². The number of rotatable bonds is 3. The number of amides is 1. The van der Waals surface area contributed by atoms with Gasteiger partial charge >= 0.3 is 0 Å². The minimum Gasteiger partial charge on any atom is -0.375 e. The summed E-state index contributed by atoms with van der Waals surface area (Å²) in [4.78, 5) is 13.6. The van der Waals surface area contributed by atoms with Gasteiger partial charge in [-0.25, -0.2) is 4.90 Å². The van der Waals surface area contributed by atoms with Crippen molar-refractivity contribution in [1.82, 2.24) is 15.5 Å². The number of carbonyl (C=O) groups is 1. The molecular formula is C14H24N4O3. The van der Waals surface area contributed by atoms with E-state index in [4.69, 9.17) is 5.41 Å². The number of hydrogen-bond acceptors (Lipinski definition) is 5. The highest BCUT2D eigenvalue weighted by Crippen LogP contribution is 2.30. The number of nitrogens with zero attached hydrogens (tertiary/aromatic N) is 1. The van der Waals surface area contributed by atoms with Gasteiger partial charge in [-0.05, 0) is 43.8 Å². The predicted molar refractivity (Wildman–Crippen MR) is 78.2 cm³/mol. The third-order valence-corrected chi connectivity index (χ3v) is 4.32. The van der Waals surface area contributed by atoms with Crippen molar-refractivity contribution in [3.63, 3.8) is 0 Å². The zero-order chi connectivity index (χ0) is 15.4. The quantitative estimate of drug-likeness (QED) is 0.276. The number of carbonyl (C=O) groups excluding carboxylic acids is 1. The molecule has 1 amide bonds. The summed E-state index contributed by atoms with van der Waals surface area (Å²) >= 11 is 0. The molecule has 2 aliphatic rings. The molecule has 0 aromatic carbocycles. The minimum atomic E-state index is -0.711. The molecule has 2 atom stereocenters. The summed E-state index contributed by atoms with van der Waals surface area (Å²) in [6.07, 6.45) is 5.10. The summed E-state index contributed by atoms with van der Waals surface area (Å²) in [6.45, 7) is 0.635. The third kappa shape index (κ3) is 4.03. The van der Waals surface area contributed by atoms with Crippen LogP contribution in [0.2, 0.25) is 0 Å². The van der Waals surface area contributed by atoms with E-state index >= 15 is 0 Å². The van der Waals surface area contributed by atoms with Gasteiger partial charge in [0.15, 0.2) is 5.96 Å². The molecule has 2 rings (SSSR count). The Morgan fingerprint density at radius 3 is 2.33 bits per heavy atom. The monoisotopic (exact) mass is 296 g/mol. The lowest BCUT2D eigenvalue weighted by molar-refractivity contribution is -0.125. The van der Waals surface area contributed by atoms with Crippen LogP contribution in [0.4, 0.5) is 0 Å². The van der Waals surface area contributed by atoms with E-state index in [1.807, 2.05) is 0 Å². The van der Waals surface area contributed by atoms with Gasteiger partial charge in [0.2, 0.25) is 5.91 Å². The standard InChI is InChI=1S/C14H24N4O3/c1-16-14(15)17-13(21)10-4-2-9(3-5-10)8-18-11(19)6-7-12(18)20/h6-7,9-12,19-20H,2-5,8H2,1H3,(H3,15,16,17,21)/t9?,10?,11-,12+. The lowest BCUT2D eigenvalue weighted by Crippen LogP contribution is -2.44. The summed E-state index contributed by atoms with van der Waals surface area (Å²) in [7, 11) is 1.60. The highest BCUT2D eigenvalue weighted by Gasteiger charge is 2.31. The molecule has 0 bridgehead atoms. The van der Waals surface area contributed by atoms with Crippen LogP contribution in [0.1, 0.15) is 25.7 Å². The maximum Gasteiger partial charge on any atom is 0.229 e. The second kappa shape index (κ2) is 7.02. The van der Waals surface area contributed by atoms with Gasteiger partial charge in [0.25, 0.3) is 0 Å². The molecule has 0 unspecified atom stereocenters. The lowest BCUT2D eigenvalue weighted by Gasteiger charge is -2.33. The summed E-state index contributed by atoms with van der Waals surface area (Å²) in [5.74, 6) is 0.246. The van der Waals surface area contributed by atoms with E-state index in [2.05, 4.69) is 10.6 Å². The molecule has 1 aliphatic heterocycles. The van der Waals surface area contributed by atoms with E-state index in [1.54, 1.807) is 24.1 Å². The Labute approximate surface area is 124 Å². The van der Waals surface area contributed by atoms with Crippen molar-refractivity contribution in [2.45, 2.75) is 38.1 Å². The minimum absolute atomic E-state index is 0.0245. The summed E-state index contributed by atoms with van der Waals surface area (Å²) < 4.78 is 0. The third-order valence-electron chi connectivity index (χ3n) is 4.32. The van der Waals surface area contributed by atoms with Crippen LogP contribution < -0.4 is 10.6 Å². The number of hydrogen-bond donors (Lipinski definition) is 5. The molecule has 1 fully saturated rings. The molecule has 0 radical (unpaired) electrons. The summed E-state index contributed by atoms with van der Waals surface area (Å²) in [5, 5.41) is 32.0. The predicted octanol–water partition coefficient (Wildman–Crippen LogP) is -0.428. The smallest absolute Gasteiger partial charge is 0.229 e. The Kier molecular flexibility index (Phi) is 5.33. The Bertz CT molecular complexity index is 406. The maximum absolute atomic E-state index is 11.9. The van der Waals surface area contributed by atoms with Gasteiger partial charge in [-0.1, -0.05) is 0 Å². The van der Waals surface area contributed by atoms with Gasteiger partial charge in [0.1, 0.15) is 12.5 Å². The second-order valence-corrected chi connectivity index (χ2v) is 5.74. The van der Waals surface area contributed by atoms with Crippen LogP contribution in [0.15, 0.2) is 12.2 Å². The molecule has 118 valence electrons. The molecule has 0 saturated heterocycles. The van der Waals surface area contributed by atoms with Crippen LogP contribution in [0.3, 0.4) is 0 Å². The first-order valence-electron chi connectivity index (χ1n) is 7.38. The van der Waals surface area contributed by atoms with Gasteiger partial charge in [-0.2, -0.15) is 0 Å². The highest BCUT2D eigenvalue weighted by molar-refractivity contribution is 5.96. The Morgan fingerprint density at radius 1 is 1.24 bits per heavy atom. The van der Waals surface area contributed by atoms with Gasteiger partial charge < -0.3 is 15.5 Å².